The highest BCUT2D eigenvalue weighted by Gasteiger charge is 2.24. The fourth-order valence-electron chi connectivity index (χ4n) is 6.34. The number of carbonyl (C=O) groups is 1. The van der Waals surface area contributed by atoms with E-state index in [1.54, 1.807) is 6.92 Å². The van der Waals surface area contributed by atoms with Crippen molar-refractivity contribution >= 4 is 18.1 Å². The molecule has 0 spiro atoms. The van der Waals surface area contributed by atoms with Crippen molar-refractivity contribution < 1.29 is 24.1 Å². The molecular weight excluding hydrogens is 596 g/mol. The van der Waals surface area contributed by atoms with Gasteiger partial charge in [0, 0.05) is 18.9 Å². The Bertz CT molecular complexity index is 1830. The van der Waals surface area contributed by atoms with E-state index < -0.39 is 12.1 Å². The highest BCUT2D eigenvalue weighted by Crippen LogP contribution is 2.38. The number of fused-ring (bicyclic) bond motifs is 2. The number of hydrogen-bond donors (Lipinski definition) is 1. The predicted octanol–water partition coefficient (Wildman–Crippen LogP) is 9.13. The topological polar surface area (TPSA) is 65.0 Å². The van der Waals surface area contributed by atoms with Crippen molar-refractivity contribution in [3.63, 3.8) is 0 Å². The van der Waals surface area contributed by atoms with E-state index >= 15 is 0 Å². The highest BCUT2D eigenvalue weighted by molar-refractivity contribution is 5.77. The van der Waals surface area contributed by atoms with Crippen LogP contribution in [0.1, 0.15) is 75.9 Å². The zero-order valence-electron chi connectivity index (χ0n) is 27.5. The van der Waals surface area contributed by atoms with Gasteiger partial charge in [-0.1, -0.05) is 128 Å². The third-order valence-corrected chi connectivity index (χ3v) is 8.94. The molecular formula is C43H42O5. The van der Waals surface area contributed by atoms with E-state index in [1.807, 2.05) is 24.3 Å². The molecule has 0 bridgehead atoms. The lowest BCUT2D eigenvalue weighted by molar-refractivity contribution is -0.149. The molecule has 244 valence electrons. The maximum Gasteiger partial charge on any atom is 0.333 e. The van der Waals surface area contributed by atoms with Crippen molar-refractivity contribution in [2.45, 2.75) is 44.8 Å². The summed E-state index contributed by atoms with van der Waals surface area (Å²) < 4.78 is 18.1. The number of ether oxygens (including phenoxy) is 3. The van der Waals surface area contributed by atoms with Gasteiger partial charge in [0.15, 0.2) is 6.10 Å². The predicted molar refractivity (Wildman–Crippen MR) is 192 cm³/mol. The average molecular weight is 639 g/mol. The van der Waals surface area contributed by atoms with Gasteiger partial charge in [0.2, 0.25) is 0 Å². The summed E-state index contributed by atoms with van der Waals surface area (Å²) in [5, 5.41) is 9.40. The van der Waals surface area contributed by atoms with Crippen LogP contribution in [-0.4, -0.2) is 37.0 Å². The van der Waals surface area contributed by atoms with Crippen molar-refractivity contribution in [2.24, 2.45) is 0 Å². The molecule has 0 heterocycles. The van der Waals surface area contributed by atoms with E-state index in [-0.39, 0.29) is 12.0 Å². The molecule has 0 saturated heterocycles. The van der Waals surface area contributed by atoms with Crippen LogP contribution in [0.4, 0.5) is 0 Å². The quantitative estimate of drug-likeness (QED) is 0.123. The molecule has 0 saturated carbocycles. The Labute approximate surface area is 283 Å². The molecule has 0 amide bonds. The monoisotopic (exact) mass is 638 g/mol. The van der Waals surface area contributed by atoms with Gasteiger partial charge in [0.1, 0.15) is 18.5 Å². The van der Waals surface area contributed by atoms with E-state index in [1.165, 1.54) is 22.3 Å². The zero-order chi connectivity index (χ0) is 33.3. The van der Waals surface area contributed by atoms with Crippen molar-refractivity contribution in [3.05, 3.63) is 171 Å². The lowest BCUT2D eigenvalue weighted by atomic mass is 9.88. The molecule has 5 aromatic rings. The van der Waals surface area contributed by atoms with Gasteiger partial charge < -0.3 is 19.3 Å². The summed E-state index contributed by atoms with van der Waals surface area (Å²) in [4.78, 5) is 11.5. The third-order valence-electron chi connectivity index (χ3n) is 8.94. The van der Waals surface area contributed by atoms with Gasteiger partial charge in [0.05, 0.1) is 6.61 Å². The zero-order valence-corrected chi connectivity index (χ0v) is 27.5. The van der Waals surface area contributed by atoms with Gasteiger partial charge in [-0.2, -0.15) is 0 Å². The fourth-order valence-corrected chi connectivity index (χ4v) is 6.34. The highest BCUT2D eigenvalue weighted by atomic mass is 16.5. The fraction of sp³-hybridized carbons (Fsp3) is 0.233. The van der Waals surface area contributed by atoms with Gasteiger partial charge in [-0.25, -0.2) is 4.79 Å². The van der Waals surface area contributed by atoms with Gasteiger partial charge in [0.25, 0.3) is 0 Å². The van der Waals surface area contributed by atoms with Gasteiger partial charge >= 0.3 is 5.97 Å². The van der Waals surface area contributed by atoms with Gasteiger partial charge in [-0.05, 0) is 75.5 Å². The van der Waals surface area contributed by atoms with E-state index in [4.69, 9.17) is 14.2 Å². The number of hydrogen-bond acceptors (Lipinski definition) is 4. The van der Waals surface area contributed by atoms with Crippen LogP contribution in [0.2, 0.25) is 0 Å². The Hall–Kier alpha value is -4.97. The molecule has 3 atom stereocenters. The molecule has 1 aliphatic carbocycles. The van der Waals surface area contributed by atoms with E-state index in [9.17, 15) is 9.90 Å². The van der Waals surface area contributed by atoms with Crippen LogP contribution in [0.15, 0.2) is 121 Å². The summed E-state index contributed by atoms with van der Waals surface area (Å²) in [5.74, 6) is 0.0148. The molecule has 5 heteroatoms. The van der Waals surface area contributed by atoms with Crippen molar-refractivity contribution in [1.82, 2.24) is 0 Å². The van der Waals surface area contributed by atoms with Gasteiger partial charge in [-0.3, -0.25) is 0 Å². The van der Waals surface area contributed by atoms with Crippen molar-refractivity contribution in [3.8, 4) is 5.75 Å². The van der Waals surface area contributed by atoms with Crippen LogP contribution < -0.4 is 4.74 Å². The maximum absolute atomic E-state index is 11.5. The lowest BCUT2D eigenvalue weighted by Crippen LogP contribution is -2.26. The third kappa shape index (κ3) is 8.11. The second-order valence-corrected chi connectivity index (χ2v) is 12.2. The van der Waals surface area contributed by atoms with Crippen LogP contribution in [0.25, 0.3) is 12.2 Å². The number of benzene rings is 5. The summed E-state index contributed by atoms with van der Waals surface area (Å²) in [6, 6.07) is 42.1. The molecule has 5 nitrogen and oxygen atoms in total. The second kappa shape index (κ2) is 15.7. The summed E-state index contributed by atoms with van der Waals surface area (Å²) in [6.45, 7) is 5.17. The average Bonchev–Trinajstić information content (AvgIpc) is 3.27. The first kappa shape index (κ1) is 33.0. The summed E-state index contributed by atoms with van der Waals surface area (Å²) in [5.41, 5.74) is 10.6. The van der Waals surface area contributed by atoms with Crippen LogP contribution in [-0.2, 0) is 27.1 Å². The Balaban J connectivity index is 1.20. The molecule has 0 fully saturated rings. The maximum atomic E-state index is 11.5. The second-order valence-electron chi connectivity index (χ2n) is 12.2. The molecule has 0 aromatic heterocycles. The molecule has 3 unspecified atom stereocenters. The number of aliphatic carboxylic acids is 1. The van der Waals surface area contributed by atoms with Crippen LogP contribution in [0.3, 0.4) is 0 Å². The minimum atomic E-state index is -0.958. The largest absolute Gasteiger partial charge is 0.491 e. The van der Waals surface area contributed by atoms with E-state index in [2.05, 4.69) is 116 Å². The minimum Gasteiger partial charge on any atom is -0.491 e. The molecule has 0 radical (unpaired) electrons. The lowest BCUT2D eigenvalue weighted by Gasteiger charge is -2.23. The smallest absolute Gasteiger partial charge is 0.333 e. The summed E-state index contributed by atoms with van der Waals surface area (Å²) in [6.07, 6.45) is 4.51. The standard InChI is InChI=1S/C43H42O5/c1-3-46-41(43(44)45)28-32-14-20-38(21-15-32)47-24-25-48-42-39-22-16-33(26-31-10-6-4-7-11-31)27-36(39)17-18-37-29-35(19-23-40(37)42)30(2)34-12-8-5-9-13-34/h4-23,27,29-30,41-42H,3,24-26,28H2,1-2H3,(H,44,45). The first-order valence-corrected chi connectivity index (χ1v) is 16.7. The molecule has 1 aliphatic rings. The minimum absolute atomic E-state index is 0.255. The van der Waals surface area contributed by atoms with Crippen molar-refractivity contribution in [2.75, 3.05) is 19.8 Å². The van der Waals surface area contributed by atoms with Crippen LogP contribution >= 0.6 is 0 Å². The Kier molecular flexibility index (Phi) is 10.8. The molecule has 0 aliphatic heterocycles. The van der Waals surface area contributed by atoms with Gasteiger partial charge in [-0.15, -0.1) is 0 Å². The number of carboxylic acid groups (broad SMARTS) is 1. The van der Waals surface area contributed by atoms with E-state index in [0.717, 1.165) is 34.2 Å². The van der Waals surface area contributed by atoms with Crippen LogP contribution in [0.5, 0.6) is 5.75 Å². The van der Waals surface area contributed by atoms with Crippen molar-refractivity contribution in [1.29, 1.82) is 0 Å². The molecule has 6 rings (SSSR count). The number of rotatable bonds is 14. The molecule has 48 heavy (non-hydrogen) atoms. The Morgan fingerprint density at radius 1 is 0.708 bits per heavy atom. The molecule has 5 aromatic carbocycles. The Morgan fingerprint density at radius 2 is 1.35 bits per heavy atom. The van der Waals surface area contributed by atoms with Crippen LogP contribution in [0, 0.1) is 0 Å². The normalized spacial score (nSPS) is 14.8. The Morgan fingerprint density at radius 3 is 2.04 bits per heavy atom. The number of carboxylic acids is 1. The first-order chi connectivity index (χ1) is 23.5. The molecule has 1 N–H and O–H groups in total. The SMILES string of the molecule is CCOC(Cc1ccc(OCCOC2c3ccc(Cc4ccccc4)cc3C=Cc3cc(C(C)c4ccccc4)ccc32)cc1)C(=O)O. The first-order valence-electron chi connectivity index (χ1n) is 16.7. The summed E-state index contributed by atoms with van der Waals surface area (Å²) in [7, 11) is 0. The summed E-state index contributed by atoms with van der Waals surface area (Å²) >= 11 is 0. The van der Waals surface area contributed by atoms with E-state index in [0.29, 0.717) is 32.0 Å².